The highest BCUT2D eigenvalue weighted by Gasteiger charge is 2.13. The second-order valence-corrected chi connectivity index (χ2v) is 7.97. The molecule has 26 heavy (non-hydrogen) atoms. The predicted octanol–water partition coefficient (Wildman–Crippen LogP) is 5.25. The molecule has 0 atom stereocenters. The first-order chi connectivity index (χ1) is 12.5. The van der Waals surface area contributed by atoms with Crippen LogP contribution in [0.1, 0.15) is 47.3 Å². The smallest absolute Gasteiger partial charge is 0.336 e. The van der Waals surface area contributed by atoms with E-state index < -0.39 is 5.97 Å². The monoisotopic (exact) mass is 368 g/mol. The molecule has 1 aromatic carbocycles. The standard InChI is InChI=1S/C15H11NO2S.C6H13N/c1-9-6-7-14(19-9)13-8-11(15(17)18)10-4-2-3-5-12(10)16-13;7-6-4-2-1-3-5-6/h2-8H,1H3,(H,17,18);6H,1-5,7H2. The number of pyridine rings is 1. The van der Waals surface area contributed by atoms with E-state index in [2.05, 4.69) is 4.98 Å². The summed E-state index contributed by atoms with van der Waals surface area (Å²) in [5.74, 6) is -0.923. The Kier molecular flexibility index (Phi) is 6.01. The van der Waals surface area contributed by atoms with E-state index in [9.17, 15) is 9.90 Å². The number of nitrogens with two attached hydrogens (primary N) is 1. The third-order valence-corrected chi connectivity index (χ3v) is 5.61. The maximum atomic E-state index is 11.4. The van der Waals surface area contributed by atoms with E-state index in [0.717, 1.165) is 4.88 Å². The van der Waals surface area contributed by atoms with Crippen molar-refractivity contribution in [1.82, 2.24) is 4.98 Å². The molecule has 4 rings (SSSR count). The molecule has 4 nitrogen and oxygen atoms in total. The van der Waals surface area contributed by atoms with Crippen LogP contribution in [0.4, 0.5) is 0 Å². The fourth-order valence-corrected chi connectivity index (χ4v) is 4.01. The topological polar surface area (TPSA) is 76.2 Å². The molecule has 0 saturated heterocycles. The van der Waals surface area contributed by atoms with Gasteiger partial charge in [0.15, 0.2) is 0 Å². The van der Waals surface area contributed by atoms with Crippen LogP contribution in [0.15, 0.2) is 42.5 Å². The molecule has 1 aliphatic rings. The lowest BCUT2D eigenvalue weighted by atomic mass is 9.97. The van der Waals surface area contributed by atoms with E-state index in [1.807, 2.05) is 37.3 Å². The van der Waals surface area contributed by atoms with Crippen LogP contribution in [0, 0.1) is 6.92 Å². The van der Waals surface area contributed by atoms with Crippen LogP contribution in [0.5, 0.6) is 0 Å². The highest BCUT2D eigenvalue weighted by atomic mass is 32.1. The van der Waals surface area contributed by atoms with Crippen LogP contribution in [0.3, 0.4) is 0 Å². The number of carboxylic acid groups (broad SMARTS) is 1. The molecule has 0 spiro atoms. The van der Waals surface area contributed by atoms with Crippen molar-refractivity contribution in [3.8, 4) is 10.6 Å². The minimum Gasteiger partial charge on any atom is -0.478 e. The number of nitrogens with zero attached hydrogens (tertiary/aromatic N) is 1. The third kappa shape index (κ3) is 4.48. The molecular formula is C21H24N2O2S. The summed E-state index contributed by atoms with van der Waals surface area (Å²) in [6.07, 6.45) is 6.66. The van der Waals surface area contributed by atoms with Gasteiger partial charge in [0.25, 0.3) is 0 Å². The molecule has 2 aromatic heterocycles. The average Bonchev–Trinajstić information content (AvgIpc) is 3.08. The molecule has 0 unspecified atom stereocenters. The van der Waals surface area contributed by atoms with Gasteiger partial charge in [-0.2, -0.15) is 0 Å². The van der Waals surface area contributed by atoms with Crippen LogP contribution in [0.2, 0.25) is 0 Å². The lowest BCUT2D eigenvalue weighted by Gasteiger charge is -2.15. The summed E-state index contributed by atoms with van der Waals surface area (Å²) in [6, 6.07) is 13.5. The fraction of sp³-hybridized carbons (Fsp3) is 0.333. The Morgan fingerprint density at radius 2 is 1.88 bits per heavy atom. The van der Waals surface area contributed by atoms with Crippen molar-refractivity contribution >= 4 is 28.2 Å². The molecule has 0 bridgehead atoms. The first-order valence-electron chi connectivity index (χ1n) is 9.00. The molecule has 1 aliphatic carbocycles. The molecule has 3 N–H and O–H groups in total. The number of fused-ring (bicyclic) bond motifs is 1. The van der Waals surface area contributed by atoms with Crippen molar-refractivity contribution in [2.75, 3.05) is 0 Å². The Bertz CT molecular complexity index is 898. The lowest BCUT2D eigenvalue weighted by Crippen LogP contribution is -2.22. The molecule has 5 heteroatoms. The van der Waals surface area contributed by atoms with Gasteiger partial charge in [0, 0.05) is 16.3 Å². The molecule has 2 heterocycles. The van der Waals surface area contributed by atoms with Gasteiger partial charge in [-0.25, -0.2) is 9.78 Å². The first kappa shape index (κ1) is 18.5. The van der Waals surface area contributed by atoms with Crippen LogP contribution in [0.25, 0.3) is 21.5 Å². The number of carboxylic acids is 1. The number of benzene rings is 1. The van der Waals surface area contributed by atoms with E-state index in [-0.39, 0.29) is 0 Å². The first-order valence-corrected chi connectivity index (χ1v) is 9.81. The van der Waals surface area contributed by atoms with E-state index in [0.29, 0.717) is 28.2 Å². The number of aryl methyl sites for hydroxylation is 1. The van der Waals surface area contributed by atoms with Gasteiger partial charge < -0.3 is 10.8 Å². The number of para-hydroxylation sites is 1. The maximum Gasteiger partial charge on any atom is 0.336 e. The van der Waals surface area contributed by atoms with Gasteiger partial charge in [0.2, 0.25) is 0 Å². The number of carbonyl (C=O) groups is 1. The fourth-order valence-electron chi connectivity index (χ4n) is 3.18. The summed E-state index contributed by atoms with van der Waals surface area (Å²) in [5.41, 5.74) is 7.36. The number of hydrogen-bond donors (Lipinski definition) is 2. The largest absolute Gasteiger partial charge is 0.478 e. The second kappa shape index (κ2) is 8.43. The van der Waals surface area contributed by atoms with Gasteiger partial charge in [0.05, 0.1) is 21.7 Å². The zero-order valence-corrected chi connectivity index (χ0v) is 15.8. The molecule has 1 fully saturated rings. The van der Waals surface area contributed by atoms with Crippen molar-refractivity contribution in [3.63, 3.8) is 0 Å². The van der Waals surface area contributed by atoms with Crippen LogP contribution in [-0.2, 0) is 0 Å². The van der Waals surface area contributed by atoms with Gasteiger partial charge in [-0.15, -0.1) is 11.3 Å². The van der Waals surface area contributed by atoms with E-state index in [1.165, 1.54) is 37.0 Å². The van der Waals surface area contributed by atoms with E-state index in [4.69, 9.17) is 5.73 Å². The minimum atomic E-state index is -0.923. The molecule has 0 amide bonds. The molecule has 0 radical (unpaired) electrons. The Morgan fingerprint density at radius 3 is 2.46 bits per heavy atom. The van der Waals surface area contributed by atoms with Gasteiger partial charge >= 0.3 is 5.97 Å². The molecule has 3 aromatic rings. The van der Waals surface area contributed by atoms with Gasteiger partial charge in [-0.1, -0.05) is 37.5 Å². The van der Waals surface area contributed by atoms with Crippen LogP contribution in [-0.4, -0.2) is 22.1 Å². The van der Waals surface area contributed by atoms with Crippen molar-refractivity contribution in [1.29, 1.82) is 0 Å². The Labute approximate surface area is 157 Å². The van der Waals surface area contributed by atoms with Gasteiger partial charge in [-0.05, 0) is 44.0 Å². The lowest BCUT2D eigenvalue weighted by molar-refractivity contribution is 0.0699. The highest BCUT2D eigenvalue weighted by Crippen LogP contribution is 2.29. The Morgan fingerprint density at radius 1 is 1.15 bits per heavy atom. The summed E-state index contributed by atoms with van der Waals surface area (Å²) in [6.45, 7) is 2.02. The zero-order chi connectivity index (χ0) is 18.5. The second-order valence-electron chi connectivity index (χ2n) is 6.69. The Balaban J connectivity index is 0.000000236. The zero-order valence-electron chi connectivity index (χ0n) is 14.9. The highest BCUT2D eigenvalue weighted by molar-refractivity contribution is 7.15. The summed E-state index contributed by atoms with van der Waals surface area (Å²) in [5, 5.41) is 10.0. The van der Waals surface area contributed by atoms with Gasteiger partial charge in [-0.3, -0.25) is 0 Å². The summed E-state index contributed by atoms with van der Waals surface area (Å²) >= 11 is 1.61. The SMILES string of the molecule is Cc1ccc(-c2cc(C(=O)O)c3ccccc3n2)s1.NC1CCCCC1. The summed E-state index contributed by atoms with van der Waals surface area (Å²) in [7, 11) is 0. The normalized spacial score (nSPS) is 14.7. The number of rotatable bonds is 2. The number of aromatic nitrogens is 1. The number of hydrogen-bond acceptors (Lipinski definition) is 4. The Hall–Kier alpha value is -2.24. The number of thiophene rings is 1. The molecule has 136 valence electrons. The molecule has 1 saturated carbocycles. The molecular weight excluding hydrogens is 344 g/mol. The quantitative estimate of drug-likeness (QED) is 0.648. The molecule has 0 aliphatic heterocycles. The van der Waals surface area contributed by atoms with Gasteiger partial charge in [0.1, 0.15) is 0 Å². The number of aromatic carboxylic acids is 1. The van der Waals surface area contributed by atoms with E-state index in [1.54, 1.807) is 23.5 Å². The average molecular weight is 369 g/mol. The van der Waals surface area contributed by atoms with Crippen molar-refractivity contribution in [3.05, 3.63) is 52.9 Å². The maximum absolute atomic E-state index is 11.4. The van der Waals surface area contributed by atoms with Crippen molar-refractivity contribution < 1.29 is 9.90 Å². The summed E-state index contributed by atoms with van der Waals surface area (Å²) < 4.78 is 0. The third-order valence-electron chi connectivity index (χ3n) is 4.59. The van der Waals surface area contributed by atoms with Crippen LogP contribution < -0.4 is 5.73 Å². The van der Waals surface area contributed by atoms with Crippen molar-refractivity contribution in [2.45, 2.75) is 45.1 Å². The van der Waals surface area contributed by atoms with Crippen LogP contribution >= 0.6 is 11.3 Å². The van der Waals surface area contributed by atoms with E-state index >= 15 is 0 Å². The summed E-state index contributed by atoms with van der Waals surface area (Å²) in [4.78, 5) is 18.1. The van der Waals surface area contributed by atoms with Crippen molar-refractivity contribution in [2.24, 2.45) is 5.73 Å². The predicted molar refractivity (Wildman–Crippen MR) is 108 cm³/mol. The minimum absolute atomic E-state index is 0.298.